The summed E-state index contributed by atoms with van der Waals surface area (Å²) in [5, 5.41) is 10.0. The van der Waals surface area contributed by atoms with Crippen LogP contribution in [0.2, 0.25) is 0 Å². The largest absolute Gasteiger partial charge is 0.461 e. The van der Waals surface area contributed by atoms with Gasteiger partial charge in [-0.25, -0.2) is 0 Å². The van der Waals surface area contributed by atoms with Crippen LogP contribution in [0.5, 0.6) is 0 Å². The Bertz CT molecular complexity index is 842. The van der Waals surface area contributed by atoms with E-state index in [1.165, 1.54) is 11.8 Å². The van der Waals surface area contributed by atoms with Crippen LogP contribution < -0.4 is 0 Å². The van der Waals surface area contributed by atoms with E-state index in [4.69, 9.17) is 4.74 Å². The van der Waals surface area contributed by atoms with Crippen molar-refractivity contribution in [3.05, 3.63) is 24.3 Å². The molecule has 4 rings (SSSR count). The van der Waals surface area contributed by atoms with E-state index in [0.29, 0.717) is 6.54 Å². The van der Waals surface area contributed by atoms with Gasteiger partial charge in [-0.3, -0.25) is 14.4 Å². The van der Waals surface area contributed by atoms with Gasteiger partial charge >= 0.3 is 5.97 Å². The van der Waals surface area contributed by atoms with Crippen molar-refractivity contribution in [3.63, 3.8) is 0 Å². The number of cyclic esters (lactones) is 1. The minimum Gasteiger partial charge on any atom is -0.461 e. The Balaban J connectivity index is 1.85. The van der Waals surface area contributed by atoms with Crippen LogP contribution in [0.15, 0.2) is 24.3 Å². The standard InChI is InChI=1S/C24H34N2O5S/c1-5-8-15(4)25-11-7-10-24-19(18-17(32-24)9-6-12-31-23(18)30)21(28)26(20(24)22(25)29)16(13-27)14(2)3/h6-7,9-10,14-20,27H,5,8,11-13H2,1-4H3/t15?,16-,17-,18+,19-,20?,24-/m0/s1. The van der Waals surface area contributed by atoms with Crippen molar-refractivity contribution in [3.8, 4) is 0 Å². The summed E-state index contributed by atoms with van der Waals surface area (Å²) in [6.07, 6.45) is 9.60. The number of likely N-dealkylation sites (tertiary alicyclic amines) is 1. The van der Waals surface area contributed by atoms with Gasteiger partial charge in [0.05, 0.1) is 29.2 Å². The van der Waals surface area contributed by atoms with E-state index >= 15 is 0 Å². The number of aliphatic hydroxyl groups excluding tert-OH is 1. The summed E-state index contributed by atoms with van der Waals surface area (Å²) < 4.78 is 4.54. The van der Waals surface area contributed by atoms with Crippen LogP contribution in [0.3, 0.4) is 0 Å². The SMILES string of the molecule is CCCC(C)N1CC=C[C@]23S[C@H]4C=CCOC(=O)[C@H]4[C@H]2C(=O)N([C@@H](CO)C(C)C)C3C1=O. The number of carbonyl (C=O) groups excluding carboxylic acids is 3. The van der Waals surface area contributed by atoms with Crippen LogP contribution in [0.1, 0.15) is 40.5 Å². The third kappa shape index (κ3) is 3.41. The van der Waals surface area contributed by atoms with Crippen LogP contribution in [-0.4, -0.2) is 80.6 Å². The van der Waals surface area contributed by atoms with Crippen molar-refractivity contribution in [2.45, 2.75) is 68.7 Å². The molecule has 0 aliphatic carbocycles. The van der Waals surface area contributed by atoms with Crippen LogP contribution >= 0.6 is 11.8 Å². The topological polar surface area (TPSA) is 87.2 Å². The van der Waals surface area contributed by atoms with Crippen LogP contribution in [0.25, 0.3) is 0 Å². The lowest BCUT2D eigenvalue weighted by Crippen LogP contribution is -2.58. The van der Waals surface area contributed by atoms with E-state index in [1.807, 2.05) is 50.0 Å². The molecule has 0 saturated carbocycles. The van der Waals surface area contributed by atoms with Crippen molar-refractivity contribution in [2.24, 2.45) is 17.8 Å². The van der Waals surface area contributed by atoms with E-state index in [0.717, 1.165) is 12.8 Å². The molecule has 0 aromatic rings. The predicted octanol–water partition coefficient (Wildman–Crippen LogP) is 2.00. The highest BCUT2D eigenvalue weighted by Gasteiger charge is 2.72. The minimum atomic E-state index is -0.854. The summed E-state index contributed by atoms with van der Waals surface area (Å²) in [5.41, 5.74) is 0. The number of esters is 1. The Hall–Kier alpha value is -1.80. The van der Waals surface area contributed by atoms with Gasteiger partial charge < -0.3 is 19.6 Å². The number of hydrogen-bond donors (Lipinski definition) is 1. The molecule has 2 saturated heterocycles. The number of fused-ring (bicyclic) bond motifs is 2. The fourth-order valence-electron chi connectivity index (χ4n) is 5.87. The van der Waals surface area contributed by atoms with Gasteiger partial charge in [0.15, 0.2) is 0 Å². The number of rotatable bonds is 6. The first-order valence-electron chi connectivity index (χ1n) is 11.7. The number of amides is 2. The number of thioether (sulfide) groups is 1. The van der Waals surface area contributed by atoms with E-state index in [2.05, 4.69) is 6.92 Å². The van der Waals surface area contributed by atoms with Gasteiger partial charge in [-0.15, -0.1) is 11.8 Å². The highest BCUT2D eigenvalue weighted by atomic mass is 32.2. The zero-order chi connectivity index (χ0) is 23.2. The van der Waals surface area contributed by atoms with Crippen molar-refractivity contribution >= 4 is 29.5 Å². The Labute approximate surface area is 194 Å². The molecule has 4 heterocycles. The van der Waals surface area contributed by atoms with Crippen molar-refractivity contribution in [1.29, 1.82) is 0 Å². The molecule has 2 fully saturated rings. The Morgan fingerprint density at radius 3 is 2.62 bits per heavy atom. The molecule has 176 valence electrons. The van der Waals surface area contributed by atoms with Crippen LogP contribution in [0, 0.1) is 17.8 Å². The molecule has 4 aliphatic rings. The third-order valence-electron chi connectivity index (χ3n) is 7.44. The highest BCUT2D eigenvalue weighted by molar-refractivity contribution is 8.02. The monoisotopic (exact) mass is 462 g/mol. The van der Waals surface area contributed by atoms with Crippen molar-refractivity contribution < 1.29 is 24.2 Å². The molecular weight excluding hydrogens is 428 g/mol. The molecule has 8 heteroatoms. The maximum atomic E-state index is 14.1. The fourth-order valence-corrected chi connectivity index (χ4v) is 7.86. The lowest BCUT2D eigenvalue weighted by Gasteiger charge is -2.41. The number of carbonyl (C=O) groups is 3. The summed E-state index contributed by atoms with van der Waals surface area (Å²) >= 11 is 1.54. The third-order valence-corrected chi connectivity index (χ3v) is 9.18. The molecule has 2 unspecified atom stereocenters. The number of nitrogens with zero attached hydrogens (tertiary/aromatic N) is 2. The van der Waals surface area contributed by atoms with Gasteiger partial charge in [-0.05, 0) is 19.3 Å². The maximum Gasteiger partial charge on any atom is 0.311 e. The first-order chi connectivity index (χ1) is 15.3. The van der Waals surface area contributed by atoms with Crippen molar-refractivity contribution in [1.82, 2.24) is 9.80 Å². The normalized spacial score (nSPS) is 35.9. The van der Waals surface area contributed by atoms with Gasteiger partial charge in [-0.1, -0.05) is 51.5 Å². The molecule has 0 bridgehead atoms. The summed E-state index contributed by atoms with van der Waals surface area (Å²) in [6.45, 7) is 8.49. The number of ether oxygens (including phenoxy) is 1. The molecule has 0 aromatic heterocycles. The second kappa shape index (κ2) is 8.86. The lowest BCUT2D eigenvalue weighted by molar-refractivity contribution is -0.152. The van der Waals surface area contributed by atoms with Gasteiger partial charge in [0.2, 0.25) is 11.8 Å². The van der Waals surface area contributed by atoms with E-state index in [-0.39, 0.29) is 48.2 Å². The fraction of sp³-hybridized carbons (Fsp3) is 0.708. The van der Waals surface area contributed by atoms with E-state index in [9.17, 15) is 19.5 Å². The van der Waals surface area contributed by atoms with Gasteiger partial charge in [0.1, 0.15) is 12.6 Å². The summed E-state index contributed by atoms with van der Waals surface area (Å²) in [6, 6.07) is -1.21. The first-order valence-corrected chi connectivity index (χ1v) is 12.6. The van der Waals surface area contributed by atoms with Crippen LogP contribution in [0.4, 0.5) is 0 Å². The molecule has 1 spiro atoms. The summed E-state index contributed by atoms with van der Waals surface area (Å²) in [7, 11) is 0. The Morgan fingerprint density at radius 1 is 1.22 bits per heavy atom. The predicted molar refractivity (Wildman–Crippen MR) is 123 cm³/mol. The molecule has 0 aromatic carbocycles. The zero-order valence-corrected chi connectivity index (χ0v) is 20.1. The molecule has 4 aliphatic heterocycles. The number of aliphatic hydroxyl groups is 1. The molecule has 2 amide bonds. The lowest BCUT2D eigenvalue weighted by atomic mass is 9.78. The van der Waals surface area contributed by atoms with Gasteiger partial charge in [0, 0.05) is 17.8 Å². The van der Waals surface area contributed by atoms with Gasteiger partial charge in [0.25, 0.3) is 0 Å². The molecule has 1 N–H and O–H groups in total. The molecule has 0 radical (unpaired) electrons. The minimum absolute atomic E-state index is 0.0386. The maximum absolute atomic E-state index is 14.1. The van der Waals surface area contributed by atoms with Gasteiger partial charge in [-0.2, -0.15) is 0 Å². The molecule has 32 heavy (non-hydrogen) atoms. The number of hydrogen-bond acceptors (Lipinski definition) is 6. The second-order valence-electron chi connectivity index (χ2n) is 9.67. The average molecular weight is 463 g/mol. The molecule has 7 nitrogen and oxygen atoms in total. The van der Waals surface area contributed by atoms with Crippen molar-refractivity contribution in [2.75, 3.05) is 19.8 Å². The second-order valence-corrected chi connectivity index (χ2v) is 11.2. The summed E-state index contributed by atoms with van der Waals surface area (Å²) in [4.78, 5) is 44.5. The highest BCUT2D eigenvalue weighted by Crippen LogP contribution is 2.61. The Morgan fingerprint density at radius 2 is 1.97 bits per heavy atom. The smallest absolute Gasteiger partial charge is 0.311 e. The first kappa shape index (κ1) is 23.4. The van der Waals surface area contributed by atoms with E-state index in [1.54, 1.807) is 4.90 Å². The molecule has 7 atom stereocenters. The van der Waals surface area contributed by atoms with E-state index < -0.39 is 28.7 Å². The van der Waals surface area contributed by atoms with Crippen LogP contribution in [-0.2, 0) is 19.1 Å². The molecular formula is C24H34N2O5S. The quantitative estimate of drug-likeness (QED) is 0.480. The zero-order valence-electron chi connectivity index (χ0n) is 19.3. The average Bonchev–Trinajstić information content (AvgIpc) is 3.03. The summed E-state index contributed by atoms with van der Waals surface area (Å²) in [5.74, 6) is -2.06. The Kier molecular flexibility index (Phi) is 6.47.